The molecule has 14 heteroatoms. The molecule has 0 radical (unpaired) electrons. The van der Waals surface area contributed by atoms with E-state index in [1.54, 1.807) is 37.3 Å². The number of carbonyl (C=O) groups excluding carboxylic acids is 5. The maximum absolute atomic E-state index is 14.2. The van der Waals surface area contributed by atoms with E-state index in [4.69, 9.17) is 23.7 Å². The summed E-state index contributed by atoms with van der Waals surface area (Å²) in [5.41, 5.74) is -2.79. The highest BCUT2D eigenvalue weighted by Crippen LogP contribution is 2.58. The monoisotopic (exact) mass is 651 g/mol. The van der Waals surface area contributed by atoms with Crippen molar-refractivity contribution < 1.29 is 57.7 Å². The molecular formula is C33H33NO13. The van der Waals surface area contributed by atoms with Crippen LogP contribution in [0.2, 0.25) is 0 Å². The molecule has 0 amide bonds. The molecule has 2 aliphatic carbocycles. The first-order valence-electron chi connectivity index (χ1n) is 14.4. The Bertz CT molecular complexity index is 1650. The summed E-state index contributed by atoms with van der Waals surface area (Å²) in [7, 11) is 4.11. The van der Waals surface area contributed by atoms with Crippen molar-refractivity contribution in [2.75, 3.05) is 28.4 Å². The Balaban J connectivity index is 2.00. The predicted molar refractivity (Wildman–Crippen MR) is 161 cm³/mol. The van der Waals surface area contributed by atoms with Crippen molar-refractivity contribution in [1.29, 1.82) is 0 Å². The summed E-state index contributed by atoms with van der Waals surface area (Å²) in [6.45, 7) is 1.57. The highest BCUT2D eigenvalue weighted by Gasteiger charge is 2.71. The van der Waals surface area contributed by atoms with Gasteiger partial charge in [-0.15, -0.1) is 0 Å². The smallest absolute Gasteiger partial charge is 0.343 e. The molecule has 0 aliphatic heterocycles. The van der Waals surface area contributed by atoms with Gasteiger partial charge in [0.2, 0.25) is 0 Å². The standard InChI is InChI=1S/C33H33NO13/c1-17-15-22-23(29(36)43-2)27(26(32(39)46-5)33(40,24(17)30(37)44-3)25(22)31(38)45-4)47-28(35)21(16-18-9-7-6-8-10-18)19-11-13-20(14-12-19)34(41)42/h6-14,16-17,22,24-26,40H,15H2,1-5H3/t17-,22+,24-,25-,26?,33-/m1/s1. The number of nitro groups is 1. The van der Waals surface area contributed by atoms with Crippen molar-refractivity contribution in [2.24, 2.45) is 29.6 Å². The van der Waals surface area contributed by atoms with Gasteiger partial charge in [-0.1, -0.05) is 37.3 Å². The summed E-state index contributed by atoms with van der Waals surface area (Å²) >= 11 is 0. The lowest BCUT2D eigenvalue weighted by molar-refractivity contribution is -0.384. The molecule has 0 heterocycles. The van der Waals surface area contributed by atoms with Gasteiger partial charge in [-0.2, -0.15) is 0 Å². The second kappa shape index (κ2) is 14.0. The molecule has 6 atom stereocenters. The Hall–Kier alpha value is -5.37. The molecule has 0 aromatic heterocycles. The molecule has 47 heavy (non-hydrogen) atoms. The number of ether oxygens (including phenoxy) is 5. The highest BCUT2D eigenvalue weighted by atomic mass is 16.6. The zero-order valence-electron chi connectivity index (χ0n) is 26.2. The van der Waals surface area contributed by atoms with Crippen LogP contribution in [-0.2, 0) is 47.7 Å². The number of non-ortho nitro benzene ring substituents is 1. The summed E-state index contributed by atoms with van der Waals surface area (Å²) in [5, 5.41) is 23.8. The van der Waals surface area contributed by atoms with Crippen LogP contribution in [0.5, 0.6) is 0 Å². The minimum Gasteiger partial charge on any atom is -0.469 e. The molecule has 1 saturated carbocycles. The van der Waals surface area contributed by atoms with Crippen molar-refractivity contribution in [2.45, 2.75) is 18.9 Å². The van der Waals surface area contributed by atoms with Crippen LogP contribution in [0.15, 0.2) is 65.9 Å². The first-order valence-corrected chi connectivity index (χ1v) is 14.4. The number of nitro benzene ring substituents is 1. The lowest BCUT2D eigenvalue weighted by atomic mass is 9.50. The van der Waals surface area contributed by atoms with Gasteiger partial charge in [0.15, 0.2) is 0 Å². The topological polar surface area (TPSA) is 195 Å². The van der Waals surface area contributed by atoms with Gasteiger partial charge in [0.1, 0.15) is 17.3 Å². The van der Waals surface area contributed by atoms with Gasteiger partial charge in [-0.3, -0.25) is 24.5 Å². The Morgan fingerprint density at radius 2 is 1.43 bits per heavy atom. The van der Waals surface area contributed by atoms with Crippen molar-refractivity contribution in [1.82, 2.24) is 0 Å². The molecule has 1 unspecified atom stereocenters. The Morgan fingerprint density at radius 1 is 0.851 bits per heavy atom. The van der Waals surface area contributed by atoms with Crippen LogP contribution in [0.25, 0.3) is 11.6 Å². The van der Waals surface area contributed by atoms with Crippen LogP contribution in [-0.4, -0.2) is 73.9 Å². The van der Waals surface area contributed by atoms with E-state index < -0.39 is 81.3 Å². The number of fused-ring (bicyclic) bond motifs is 2. The zero-order chi connectivity index (χ0) is 34.6. The molecule has 1 N–H and O–H groups in total. The summed E-state index contributed by atoms with van der Waals surface area (Å²) in [6, 6.07) is 13.5. The normalized spacial score (nSPS) is 25.2. The maximum atomic E-state index is 14.2. The average Bonchev–Trinajstić information content (AvgIpc) is 3.06. The van der Waals surface area contributed by atoms with E-state index in [1.165, 1.54) is 30.3 Å². The number of aliphatic hydroxyl groups is 1. The van der Waals surface area contributed by atoms with Gasteiger partial charge in [0, 0.05) is 18.1 Å². The minimum absolute atomic E-state index is 0.0870. The maximum Gasteiger partial charge on any atom is 0.343 e. The van der Waals surface area contributed by atoms with Crippen LogP contribution < -0.4 is 0 Å². The van der Waals surface area contributed by atoms with Crippen LogP contribution in [0.3, 0.4) is 0 Å². The number of methoxy groups -OCH3 is 4. The van der Waals surface area contributed by atoms with Gasteiger partial charge in [0.25, 0.3) is 5.69 Å². The van der Waals surface area contributed by atoms with Gasteiger partial charge in [-0.25, -0.2) is 9.59 Å². The van der Waals surface area contributed by atoms with Crippen molar-refractivity contribution in [3.05, 3.63) is 87.2 Å². The van der Waals surface area contributed by atoms with Crippen molar-refractivity contribution in [3.8, 4) is 0 Å². The minimum atomic E-state index is -2.67. The fourth-order valence-corrected chi connectivity index (χ4v) is 6.65. The number of nitrogens with zero attached hydrogens (tertiary/aromatic N) is 1. The van der Waals surface area contributed by atoms with Crippen LogP contribution >= 0.6 is 0 Å². The van der Waals surface area contributed by atoms with Gasteiger partial charge in [0.05, 0.1) is 56.3 Å². The largest absolute Gasteiger partial charge is 0.469 e. The fraction of sp³-hybridized carbons (Fsp3) is 0.364. The second-order valence-corrected chi connectivity index (χ2v) is 11.1. The van der Waals surface area contributed by atoms with Crippen LogP contribution in [0, 0.1) is 39.7 Å². The average molecular weight is 652 g/mol. The van der Waals surface area contributed by atoms with Crippen LogP contribution in [0.1, 0.15) is 24.5 Å². The molecule has 0 saturated heterocycles. The molecule has 2 aromatic rings. The van der Waals surface area contributed by atoms with Crippen LogP contribution in [0.4, 0.5) is 5.69 Å². The number of esters is 5. The molecule has 2 bridgehead atoms. The third kappa shape index (κ3) is 6.23. The number of rotatable bonds is 9. The van der Waals surface area contributed by atoms with E-state index >= 15 is 0 Å². The lowest BCUT2D eigenvalue weighted by Crippen LogP contribution is -2.68. The summed E-state index contributed by atoms with van der Waals surface area (Å²) in [4.78, 5) is 78.5. The van der Waals surface area contributed by atoms with Gasteiger partial charge < -0.3 is 28.8 Å². The van der Waals surface area contributed by atoms with Crippen molar-refractivity contribution in [3.63, 3.8) is 0 Å². The Labute approximate surface area is 269 Å². The fourth-order valence-electron chi connectivity index (χ4n) is 6.65. The van der Waals surface area contributed by atoms with E-state index in [9.17, 15) is 39.2 Å². The van der Waals surface area contributed by atoms with E-state index in [-0.39, 0.29) is 23.2 Å². The zero-order valence-corrected chi connectivity index (χ0v) is 26.2. The first-order chi connectivity index (χ1) is 22.3. The third-order valence-electron chi connectivity index (χ3n) is 8.63. The number of hydrogen-bond donors (Lipinski definition) is 1. The van der Waals surface area contributed by atoms with E-state index in [0.29, 0.717) is 5.56 Å². The first kappa shape index (κ1) is 34.5. The Morgan fingerprint density at radius 3 is 1.96 bits per heavy atom. The number of carbonyl (C=O) groups is 5. The highest BCUT2D eigenvalue weighted by molar-refractivity contribution is 6.22. The summed E-state index contributed by atoms with van der Waals surface area (Å²) in [5.74, 6) is -13.5. The second-order valence-electron chi connectivity index (χ2n) is 11.1. The lowest BCUT2D eigenvalue weighted by Gasteiger charge is -2.55. The van der Waals surface area contributed by atoms with Crippen molar-refractivity contribution >= 4 is 47.2 Å². The van der Waals surface area contributed by atoms with E-state index in [2.05, 4.69) is 0 Å². The predicted octanol–water partition coefficient (Wildman–Crippen LogP) is 2.87. The van der Waals surface area contributed by atoms with E-state index in [1.807, 2.05) is 0 Å². The molecule has 2 aromatic carbocycles. The molecular weight excluding hydrogens is 618 g/mol. The van der Waals surface area contributed by atoms with Gasteiger partial charge >= 0.3 is 29.8 Å². The number of benzene rings is 2. The SMILES string of the molecule is COC(=O)C1=C(OC(=O)C(=Cc2ccccc2)c2ccc([N+](=O)[O-])cc2)C(C(=O)OC)[C@@]2(O)[C@@H](C(=O)OC)[C@H](C)C[C@@H]1[C@@H]2C(=O)OC. The molecule has 14 nitrogen and oxygen atoms in total. The summed E-state index contributed by atoms with van der Waals surface area (Å²) in [6.07, 6.45) is 1.33. The quantitative estimate of drug-likeness (QED) is 0.104. The third-order valence-corrected chi connectivity index (χ3v) is 8.63. The summed E-state index contributed by atoms with van der Waals surface area (Å²) < 4.78 is 25.8. The molecule has 4 rings (SSSR count). The Kier molecular flexibility index (Phi) is 10.2. The molecule has 0 spiro atoms. The van der Waals surface area contributed by atoms with E-state index in [0.717, 1.165) is 28.4 Å². The molecule has 2 aliphatic rings. The molecule has 1 fully saturated rings. The number of hydrogen-bond acceptors (Lipinski definition) is 13. The van der Waals surface area contributed by atoms with Gasteiger partial charge in [-0.05, 0) is 41.7 Å². The molecule has 248 valence electrons.